The largest absolute Gasteiger partial charge is 0.381 e. The van der Waals surface area contributed by atoms with E-state index in [1.54, 1.807) is 0 Å². The Morgan fingerprint density at radius 3 is 2.52 bits per heavy atom. The van der Waals surface area contributed by atoms with E-state index < -0.39 is 0 Å². The van der Waals surface area contributed by atoms with E-state index >= 15 is 0 Å². The average Bonchev–Trinajstić information content (AvgIpc) is 2.77. The fourth-order valence-electron chi connectivity index (χ4n) is 3.66. The molecule has 1 atom stereocenters. The van der Waals surface area contributed by atoms with Gasteiger partial charge in [0.1, 0.15) is 0 Å². The van der Waals surface area contributed by atoms with E-state index in [1.165, 1.54) is 5.56 Å². The van der Waals surface area contributed by atoms with Crippen molar-refractivity contribution in [3.8, 4) is 0 Å². The van der Waals surface area contributed by atoms with Crippen LogP contribution in [-0.4, -0.2) is 76.1 Å². The quantitative estimate of drug-likeness (QED) is 0.172. The van der Waals surface area contributed by atoms with Gasteiger partial charge in [-0.05, 0) is 37.7 Å². The normalized spacial score (nSPS) is 16.1. The summed E-state index contributed by atoms with van der Waals surface area (Å²) in [6.45, 7) is 14.6. The Labute approximate surface area is 206 Å². The Hall–Kier alpha value is -0.900. The first kappa shape index (κ1) is 28.1. The number of hydrogen-bond donors (Lipinski definition) is 2. The number of nitrogens with one attached hydrogen (secondary N) is 2. The van der Waals surface area contributed by atoms with E-state index in [2.05, 4.69) is 60.6 Å². The molecule has 0 aliphatic carbocycles. The summed E-state index contributed by atoms with van der Waals surface area (Å²) in [5, 5.41) is 6.85. The molecule has 0 spiro atoms. The van der Waals surface area contributed by atoms with Crippen molar-refractivity contribution in [1.82, 2.24) is 15.5 Å². The second-order valence-electron chi connectivity index (χ2n) is 8.16. The highest BCUT2D eigenvalue weighted by atomic mass is 127. The Bertz CT molecular complexity index is 580. The van der Waals surface area contributed by atoms with Crippen molar-refractivity contribution in [2.45, 2.75) is 46.1 Å². The van der Waals surface area contributed by atoms with Crippen molar-refractivity contribution in [3.05, 3.63) is 35.9 Å². The molecule has 1 aliphatic heterocycles. The zero-order valence-corrected chi connectivity index (χ0v) is 22.0. The first-order chi connectivity index (χ1) is 14.7. The molecule has 6 nitrogen and oxygen atoms in total. The summed E-state index contributed by atoms with van der Waals surface area (Å²) < 4.78 is 11.3. The standard InChI is InChI=1S/C24H42N4O2.HI/c1-4-25-24(27-20-23(21(2)3)28-14-18-30-19-15-28)26-13-8-9-16-29-17-12-22-10-6-5-7-11-22;/h5-7,10-11,21,23H,4,8-9,12-20H2,1-3H3,(H2,25,26,27);1H. The Morgan fingerprint density at radius 2 is 1.84 bits per heavy atom. The van der Waals surface area contributed by atoms with Crippen molar-refractivity contribution < 1.29 is 9.47 Å². The number of unbranched alkanes of at least 4 members (excludes halogenated alkanes) is 1. The summed E-state index contributed by atoms with van der Waals surface area (Å²) in [4.78, 5) is 7.39. The molecule has 31 heavy (non-hydrogen) atoms. The number of ether oxygens (including phenoxy) is 2. The second kappa shape index (κ2) is 17.6. The predicted molar refractivity (Wildman–Crippen MR) is 141 cm³/mol. The predicted octanol–water partition coefficient (Wildman–Crippen LogP) is 3.56. The van der Waals surface area contributed by atoms with Gasteiger partial charge in [0.25, 0.3) is 0 Å². The molecule has 2 rings (SSSR count). The maximum atomic E-state index is 5.78. The lowest BCUT2D eigenvalue weighted by atomic mass is 10.0. The van der Waals surface area contributed by atoms with Gasteiger partial charge in [0.05, 0.1) is 26.4 Å². The van der Waals surface area contributed by atoms with Crippen molar-refractivity contribution in [2.75, 3.05) is 59.2 Å². The van der Waals surface area contributed by atoms with Crippen molar-refractivity contribution in [3.63, 3.8) is 0 Å². The molecule has 0 aromatic heterocycles. The van der Waals surface area contributed by atoms with E-state index in [0.29, 0.717) is 12.0 Å². The molecule has 1 unspecified atom stereocenters. The van der Waals surface area contributed by atoms with Gasteiger partial charge in [0.15, 0.2) is 5.96 Å². The Morgan fingerprint density at radius 1 is 1.10 bits per heavy atom. The lowest BCUT2D eigenvalue weighted by Crippen LogP contribution is -2.48. The number of halogens is 1. The molecule has 1 saturated heterocycles. The number of hydrogen-bond acceptors (Lipinski definition) is 4. The van der Waals surface area contributed by atoms with Gasteiger partial charge in [-0.2, -0.15) is 0 Å². The van der Waals surface area contributed by atoms with E-state index in [4.69, 9.17) is 14.5 Å². The molecule has 7 heteroatoms. The topological polar surface area (TPSA) is 58.1 Å². The summed E-state index contributed by atoms with van der Waals surface area (Å²) in [5.41, 5.74) is 1.34. The van der Waals surface area contributed by atoms with Gasteiger partial charge in [-0.1, -0.05) is 44.2 Å². The number of benzene rings is 1. The van der Waals surface area contributed by atoms with Crippen molar-refractivity contribution in [2.24, 2.45) is 10.9 Å². The van der Waals surface area contributed by atoms with Gasteiger partial charge >= 0.3 is 0 Å². The van der Waals surface area contributed by atoms with Gasteiger partial charge in [-0.3, -0.25) is 9.89 Å². The molecule has 1 heterocycles. The highest BCUT2D eigenvalue weighted by Gasteiger charge is 2.23. The molecular formula is C24H43IN4O2. The summed E-state index contributed by atoms with van der Waals surface area (Å²) in [6.07, 6.45) is 3.12. The maximum absolute atomic E-state index is 5.78. The van der Waals surface area contributed by atoms with E-state index in [1.807, 2.05) is 6.07 Å². The van der Waals surface area contributed by atoms with Crippen LogP contribution in [0.15, 0.2) is 35.3 Å². The maximum Gasteiger partial charge on any atom is 0.191 e. The van der Waals surface area contributed by atoms with Gasteiger partial charge in [0, 0.05) is 38.8 Å². The van der Waals surface area contributed by atoms with Gasteiger partial charge < -0.3 is 20.1 Å². The van der Waals surface area contributed by atoms with Crippen molar-refractivity contribution >= 4 is 29.9 Å². The van der Waals surface area contributed by atoms with Crippen LogP contribution in [0.3, 0.4) is 0 Å². The van der Waals surface area contributed by atoms with Crippen LogP contribution in [0.4, 0.5) is 0 Å². The van der Waals surface area contributed by atoms with E-state index in [0.717, 1.165) is 84.4 Å². The Balaban J connectivity index is 0.00000480. The Kier molecular flexibility index (Phi) is 16.0. The number of aliphatic imine (C=N–C) groups is 1. The minimum atomic E-state index is 0. The number of rotatable bonds is 13. The van der Waals surface area contributed by atoms with Crippen LogP contribution < -0.4 is 10.6 Å². The molecule has 178 valence electrons. The monoisotopic (exact) mass is 546 g/mol. The minimum Gasteiger partial charge on any atom is -0.381 e. The molecule has 1 aromatic carbocycles. The number of guanidine groups is 1. The average molecular weight is 547 g/mol. The molecule has 1 aromatic rings. The highest BCUT2D eigenvalue weighted by molar-refractivity contribution is 14.0. The fraction of sp³-hybridized carbons (Fsp3) is 0.708. The van der Waals surface area contributed by atoms with Gasteiger partial charge in [-0.25, -0.2) is 0 Å². The second-order valence-corrected chi connectivity index (χ2v) is 8.16. The first-order valence-electron chi connectivity index (χ1n) is 11.7. The lowest BCUT2D eigenvalue weighted by Gasteiger charge is -2.36. The van der Waals surface area contributed by atoms with E-state index in [9.17, 15) is 0 Å². The number of morpholine rings is 1. The molecule has 0 radical (unpaired) electrons. The third-order valence-corrected chi connectivity index (χ3v) is 5.45. The first-order valence-corrected chi connectivity index (χ1v) is 11.7. The molecule has 0 saturated carbocycles. The van der Waals surface area contributed by atoms with E-state index in [-0.39, 0.29) is 24.0 Å². The van der Waals surface area contributed by atoms with Crippen LogP contribution in [0.5, 0.6) is 0 Å². The van der Waals surface area contributed by atoms with Crippen LogP contribution >= 0.6 is 24.0 Å². The van der Waals surface area contributed by atoms with Crippen LogP contribution in [-0.2, 0) is 15.9 Å². The molecular weight excluding hydrogens is 503 g/mol. The zero-order chi connectivity index (χ0) is 21.4. The summed E-state index contributed by atoms with van der Waals surface area (Å²) in [5.74, 6) is 1.49. The summed E-state index contributed by atoms with van der Waals surface area (Å²) in [7, 11) is 0. The number of nitrogens with zero attached hydrogens (tertiary/aromatic N) is 2. The summed E-state index contributed by atoms with van der Waals surface area (Å²) in [6, 6.07) is 11.0. The highest BCUT2D eigenvalue weighted by Crippen LogP contribution is 2.13. The molecule has 1 fully saturated rings. The van der Waals surface area contributed by atoms with Gasteiger partial charge in [0.2, 0.25) is 0 Å². The van der Waals surface area contributed by atoms with Crippen LogP contribution in [0.25, 0.3) is 0 Å². The van der Waals surface area contributed by atoms with Gasteiger partial charge in [-0.15, -0.1) is 24.0 Å². The SMILES string of the molecule is CCNC(=NCC(C(C)C)N1CCOCC1)NCCCCOCCc1ccccc1.I. The molecule has 0 amide bonds. The molecule has 1 aliphatic rings. The van der Waals surface area contributed by atoms with Crippen LogP contribution in [0, 0.1) is 5.92 Å². The summed E-state index contributed by atoms with van der Waals surface area (Å²) >= 11 is 0. The molecule has 0 bridgehead atoms. The van der Waals surface area contributed by atoms with Crippen LogP contribution in [0.2, 0.25) is 0 Å². The zero-order valence-electron chi connectivity index (χ0n) is 19.6. The van der Waals surface area contributed by atoms with Crippen LogP contribution in [0.1, 0.15) is 39.2 Å². The fourth-order valence-corrected chi connectivity index (χ4v) is 3.66. The third kappa shape index (κ3) is 12.1. The lowest BCUT2D eigenvalue weighted by molar-refractivity contribution is 0.00867. The van der Waals surface area contributed by atoms with Crippen molar-refractivity contribution in [1.29, 1.82) is 0 Å². The smallest absolute Gasteiger partial charge is 0.191 e. The minimum absolute atomic E-state index is 0. The third-order valence-electron chi connectivity index (χ3n) is 5.45. The molecule has 2 N–H and O–H groups in total.